The average Bonchev–Trinajstić information content (AvgIpc) is 2.95. The number of Topliss-reactive ketones (excluding diaryl/α,β-unsaturated/α-hetero) is 2. The quantitative estimate of drug-likeness (QED) is 0.248. The molecule has 5 rings (SSSR count). The molecule has 0 N–H and O–H groups in total. The Labute approximate surface area is 222 Å². The fourth-order valence-corrected chi connectivity index (χ4v) is 10.1. The van der Waals surface area contributed by atoms with Crippen LogP contribution in [-0.2, 0) is 9.59 Å². The van der Waals surface area contributed by atoms with Crippen molar-refractivity contribution in [2.24, 2.45) is 46.3 Å². The molecule has 0 radical (unpaired) electrons. The van der Waals surface area contributed by atoms with Crippen LogP contribution in [0, 0.1) is 46.3 Å². The first-order valence-corrected chi connectivity index (χ1v) is 16.6. The molecule has 5 aliphatic carbocycles. The van der Waals surface area contributed by atoms with Gasteiger partial charge in [0.05, 0.1) is 10.8 Å². The lowest BCUT2D eigenvalue weighted by molar-refractivity contribution is -0.179. The second-order valence-electron chi connectivity index (χ2n) is 14.3. The molecule has 0 aromatic rings. The second kappa shape index (κ2) is 11.6. The van der Waals surface area contributed by atoms with Crippen molar-refractivity contribution < 1.29 is 9.59 Å². The number of hydrogen-bond donors (Lipinski definition) is 0. The van der Waals surface area contributed by atoms with E-state index in [9.17, 15) is 9.59 Å². The molecule has 0 aliphatic heterocycles. The van der Waals surface area contributed by atoms with E-state index in [0.29, 0.717) is 11.6 Å². The van der Waals surface area contributed by atoms with Crippen molar-refractivity contribution in [1.29, 1.82) is 0 Å². The van der Waals surface area contributed by atoms with E-state index in [1.54, 1.807) is 0 Å². The van der Waals surface area contributed by atoms with E-state index in [0.717, 1.165) is 86.9 Å². The molecule has 0 aromatic heterocycles. The summed E-state index contributed by atoms with van der Waals surface area (Å²) >= 11 is 0. The summed E-state index contributed by atoms with van der Waals surface area (Å²) < 4.78 is 0. The van der Waals surface area contributed by atoms with Gasteiger partial charge in [-0.05, 0) is 113 Å². The van der Waals surface area contributed by atoms with Crippen molar-refractivity contribution in [3.8, 4) is 0 Å². The van der Waals surface area contributed by atoms with Gasteiger partial charge in [0.2, 0.25) is 0 Å². The summed E-state index contributed by atoms with van der Waals surface area (Å²) in [6, 6.07) is 0. The van der Waals surface area contributed by atoms with Gasteiger partial charge in [0, 0.05) is 0 Å². The highest BCUT2D eigenvalue weighted by molar-refractivity contribution is 6.30. The fraction of sp³-hybridized carbons (Fsp3) is 0.941. The fourth-order valence-electron chi connectivity index (χ4n) is 10.1. The highest BCUT2D eigenvalue weighted by Gasteiger charge is 2.71. The van der Waals surface area contributed by atoms with Crippen molar-refractivity contribution in [3.05, 3.63) is 0 Å². The van der Waals surface area contributed by atoms with Gasteiger partial charge in [-0.1, -0.05) is 78.1 Å². The van der Waals surface area contributed by atoms with Gasteiger partial charge < -0.3 is 0 Å². The molecule has 0 bridgehead atoms. The third-order valence-corrected chi connectivity index (χ3v) is 12.7. The van der Waals surface area contributed by atoms with Crippen LogP contribution in [-0.4, -0.2) is 11.6 Å². The molecule has 5 fully saturated rings. The van der Waals surface area contributed by atoms with Crippen molar-refractivity contribution in [3.63, 3.8) is 0 Å². The highest BCUT2D eigenvalue weighted by atomic mass is 16.2. The molecule has 2 spiro atoms. The molecule has 0 aromatic carbocycles. The van der Waals surface area contributed by atoms with Gasteiger partial charge in [0.25, 0.3) is 0 Å². The Hall–Kier alpha value is -0.660. The number of carbonyl (C=O) groups is 2. The minimum absolute atomic E-state index is 0.405. The van der Waals surface area contributed by atoms with E-state index >= 15 is 0 Å². The van der Waals surface area contributed by atoms with Crippen LogP contribution in [0.5, 0.6) is 0 Å². The lowest BCUT2D eigenvalue weighted by atomic mass is 9.41. The van der Waals surface area contributed by atoms with Crippen LogP contribution in [0.1, 0.15) is 155 Å². The summed E-state index contributed by atoms with van der Waals surface area (Å²) in [6.07, 6.45) is 27.8. The Balaban J connectivity index is 1.06. The maximum absolute atomic E-state index is 13.7. The molecular weight excluding hydrogens is 440 g/mol. The predicted molar refractivity (Wildman–Crippen MR) is 149 cm³/mol. The number of ketones is 2. The van der Waals surface area contributed by atoms with Crippen LogP contribution in [0.15, 0.2) is 0 Å². The Bertz CT molecular complexity index is 715. The summed E-state index contributed by atoms with van der Waals surface area (Å²) in [7, 11) is 0. The minimum Gasteiger partial charge on any atom is -0.297 e. The summed E-state index contributed by atoms with van der Waals surface area (Å²) in [4.78, 5) is 27.5. The van der Waals surface area contributed by atoms with E-state index in [1.807, 2.05) is 0 Å². The number of rotatable bonds is 8. The standard InChI is InChI=1S/C34H56O2/c1-3-5-6-7-8-26-11-15-28(16-12-26)30-19-23-34(24-20-30)31(35)33(32(34)36)21-17-29(18-22-33)27-13-9-25(4-2)10-14-27/h25-30H,3-24H2,1-2H3. The van der Waals surface area contributed by atoms with Gasteiger partial charge >= 0.3 is 0 Å². The molecular formula is C34H56O2. The van der Waals surface area contributed by atoms with Crippen LogP contribution >= 0.6 is 0 Å². The number of unbranched alkanes of at least 4 members (excludes halogenated alkanes) is 3. The van der Waals surface area contributed by atoms with Crippen LogP contribution in [0.4, 0.5) is 0 Å². The first-order chi connectivity index (χ1) is 17.5. The van der Waals surface area contributed by atoms with Gasteiger partial charge in [0.1, 0.15) is 0 Å². The lowest BCUT2D eigenvalue weighted by Crippen LogP contribution is -2.68. The highest BCUT2D eigenvalue weighted by Crippen LogP contribution is 2.63. The minimum atomic E-state index is -0.543. The Morgan fingerprint density at radius 2 is 0.944 bits per heavy atom. The van der Waals surface area contributed by atoms with Gasteiger partial charge in [0.15, 0.2) is 11.6 Å². The van der Waals surface area contributed by atoms with E-state index in [1.165, 1.54) is 89.9 Å². The van der Waals surface area contributed by atoms with E-state index in [2.05, 4.69) is 13.8 Å². The largest absolute Gasteiger partial charge is 0.297 e. The molecule has 0 saturated heterocycles. The molecule has 0 atom stereocenters. The van der Waals surface area contributed by atoms with Gasteiger partial charge in [-0.2, -0.15) is 0 Å². The maximum Gasteiger partial charge on any atom is 0.159 e. The zero-order chi connectivity index (χ0) is 25.2. The Morgan fingerprint density at radius 3 is 1.36 bits per heavy atom. The lowest BCUT2D eigenvalue weighted by Gasteiger charge is -2.58. The normalized spacial score (nSPS) is 43.6. The van der Waals surface area contributed by atoms with Crippen LogP contribution in [0.25, 0.3) is 0 Å². The van der Waals surface area contributed by atoms with Crippen molar-refractivity contribution in [1.82, 2.24) is 0 Å². The topological polar surface area (TPSA) is 34.1 Å². The molecule has 0 amide bonds. The average molecular weight is 497 g/mol. The molecule has 2 nitrogen and oxygen atoms in total. The molecule has 5 saturated carbocycles. The molecule has 36 heavy (non-hydrogen) atoms. The van der Waals surface area contributed by atoms with Crippen LogP contribution in [0.2, 0.25) is 0 Å². The van der Waals surface area contributed by atoms with Crippen molar-refractivity contribution >= 4 is 11.6 Å². The summed E-state index contributed by atoms with van der Waals surface area (Å²) in [5, 5.41) is 0. The number of carbonyl (C=O) groups excluding carboxylic acids is 2. The molecule has 0 unspecified atom stereocenters. The van der Waals surface area contributed by atoms with Gasteiger partial charge in [-0.3, -0.25) is 9.59 Å². The maximum atomic E-state index is 13.7. The van der Waals surface area contributed by atoms with Crippen LogP contribution < -0.4 is 0 Å². The number of hydrogen-bond acceptors (Lipinski definition) is 2. The second-order valence-corrected chi connectivity index (χ2v) is 14.3. The SMILES string of the molecule is CCCCCCC1CCC(C2CCC3(CC2)C(=O)C2(CCC(C4CCC(CC)CC4)CC2)C3=O)CC1. The monoisotopic (exact) mass is 496 g/mol. The third kappa shape index (κ3) is 5.02. The first-order valence-electron chi connectivity index (χ1n) is 16.6. The first kappa shape index (κ1) is 26.9. The molecule has 0 heterocycles. The predicted octanol–water partition coefficient (Wildman–Crippen LogP) is 9.48. The third-order valence-electron chi connectivity index (χ3n) is 12.7. The van der Waals surface area contributed by atoms with Crippen LogP contribution in [0.3, 0.4) is 0 Å². The van der Waals surface area contributed by atoms with Gasteiger partial charge in [-0.15, -0.1) is 0 Å². The van der Waals surface area contributed by atoms with E-state index < -0.39 is 10.8 Å². The smallest absolute Gasteiger partial charge is 0.159 e. The van der Waals surface area contributed by atoms with Crippen molar-refractivity contribution in [2.45, 2.75) is 155 Å². The summed E-state index contributed by atoms with van der Waals surface area (Å²) in [6.45, 7) is 4.64. The molecule has 5 aliphatic rings. The molecule has 2 heteroatoms. The Kier molecular flexibility index (Phi) is 8.68. The van der Waals surface area contributed by atoms with E-state index in [-0.39, 0.29) is 0 Å². The summed E-state index contributed by atoms with van der Waals surface area (Å²) in [5.41, 5.74) is -1.08. The Morgan fingerprint density at radius 1 is 0.528 bits per heavy atom. The van der Waals surface area contributed by atoms with Crippen molar-refractivity contribution in [2.75, 3.05) is 0 Å². The molecule has 204 valence electrons. The zero-order valence-corrected chi connectivity index (χ0v) is 23.8. The zero-order valence-electron chi connectivity index (χ0n) is 23.8. The van der Waals surface area contributed by atoms with E-state index in [4.69, 9.17) is 0 Å². The summed E-state index contributed by atoms with van der Waals surface area (Å²) in [5.74, 6) is 6.03. The van der Waals surface area contributed by atoms with Gasteiger partial charge in [-0.25, -0.2) is 0 Å².